The molecule has 1 aromatic heterocycles. The van der Waals surface area contributed by atoms with E-state index < -0.39 is 17.7 Å². The lowest BCUT2D eigenvalue weighted by Crippen LogP contribution is -3.12. The smallest absolute Gasteiger partial charge is 0.295 e. The van der Waals surface area contributed by atoms with Gasteiger partial charge in [0.15, 0.2) is 0 Å². The average Bonchev–Trinajstić information content (AvgIpc) is 3.29. The molecule has 0 radical (unpaired) electrons. The van der Waals surface area contributed by atoms with Crippen molar-refractivity contribution < 1.29 is 28.7 Å². The Bertz CT molecular complexity index is 958. The number of nitrogens with one attached hydrogen (secondary N) is 1. The van der Waals surface area contributed by atoms with E-state index in [2.05, 4.69) is 13.8 Å². The minimum absolute atomic E-state index is 0.0390. The third-order valence-corrected chi connectivity index (χ3v) is 5.62. The molecule has 7 heteroatoms. The number of methoxy groups -OCH3 is 1. The van der Waals surface area contributed by atoms with Gasteiger partial charge in [-0.1, -0.05) is 12.1 Å². The summed E-state index contributed by atoms with van der Waals surface area (Å²) < 4.78 is 11.0. The number of nitrogens with zero attached hydrogens (tertiary/aromatic N) is 1. The van der Waals surface area contributed by atoms with Crippen molar-refractivity contribution in [1.29, 1.82) is 0 Å². The zero-order valence-corrected chi connectivity index (χ0v) is 17.9. The first-order valence-electron chi connectivity index (χ1n) is 10.2. The fraction of sp³-hybridized carbons (Fsp3) is 0.391. The fourth-order valence-corrected chi connectivity index (χ4v) is 3.81. The van der Waals surface area contributed by atoms with E-state index in [0.29, 0.717) is 35.9 Å². The van der Waals surface area contributed by atoms with Crippen LogP contribution in [0.1, 0.15) is 37.0 Å². The molecule has 2 heterocycles. The molecule has 0 aliphatic carbocycles. The monoisotopic (exact) mass is 413 g/mol. The van der Waals surface area contributed by atoms with Gasteiger partial charge in [0.2, 0.25) is 0 Å². The Kier molecular flexibility index (Phi) is 6.62. The van der Waals surface area contributed by atoms with Crippen LogP contribution >= 0.6 is 0 Å². The Morgan fingerprint density at radius 1 is 1.20 bits per heavy atom. The minimum Gasteiger partial charge on any atom is -0.507 e. The summed E-state index contributed by atoms with van der Waals surface area (Å²) in [7, 11) is 1.53. The maximum absolute atomic E-state index is 13.0. The number of hydrogen-bond donors (Lipinski definition) is 2. The summed E-state index contributed by atoms with van der Waals surface area (Å²) in [6, 6.07) is 9.55. The summed E-state index contributed by atoms with van der Waals surface area (Å²) in [5.41, 5.74) is 0.451. The molecular formula is C23H29N2O5+. The van der Waals surface area contributed by atoms with Crippen LogP contribution < -0.4 is 9.64 Å². The third kappa shape index (κ3) is 4.11. The van der Waals surface area contributed by atoms with Crippen molar-refractivity contribution >= 4 is 17.4 Å². The highest BCUT2D eigenvalue weighted by molar-refractivity contribution is 6.46. The Balaban J connectivity index is 2.07. The van der Waals surface area contributed by atoms with Crippen molar-refractivity contribution in [2.24, 2.45) is 0 Å². The van der Waals surface area contributed by atoms with E-state index in [4.69, 9.17) is 9.15 Å². The van der Waals surface area contributed by atoms with Gasteiger partial charge < -0.3 is 24.1 Å². The molecule has 0 unspecified atom stereocenters. The number of quaternary nitrogens is 1. The average molecular weight is 413 g/mol. The highest BCUT2D eigenvalue weighted by Gasteiger charge is 2.47. The highest BCUT2D eigenvalue weighted by atomic mass is 16.5. The van der Waals surface area contributed by atoms with Crippen molar-refractivity contribution in [1.82, 2.24) is 4.90 Å². The highest BCUT2D eigenvalue weighted by Crippen LogP contribution is 2.40. The van der Waals surface area contributed by atoms with Gasteiger partial charge in [0.25, 0.3) is 11.7 Å². The van der Waals surface area contributed by atoms with Gasteiger partial charge in [0, 0.05) is 5.56 Å². The number of rotatable bonds is 8. The lowest BCUT2D eigenvalue weighted by molar-refractivity contribution is -0.895. The van der Waals surface area contributed by atoms with Crippen LogP contribution in [0.2, 0.25) is 0 Å². The van der Waals surface area contributed by atoms with Crippen LogP contribution in [0.25, 0.3) is 5.76 Å². The van der Waals surface area contributed by atoms with E-state index in [1.165, 1.54) is 16.9 Å². The predicted octanol–water partition coefficient (Wildman–Crippen LogP) is 1.94. The van der Waals surface area contributed by atoms with Crippen LogP contribution in [0.4, 0.5) is 0 Å². The normalized spacial score (nSPS) is 18.4. The minimum atomic E-state index is -0.764. The number of amides is 1. The summed E-state index contributed by atoms with van der Waals surface area (Å²) in [4.78, 5) is 28.7. The lowest BCUT2D eigenvalue weighted by atomic mass is 9.99. The summed E-state index contributed by atoms with van der Waals surface area (Å²) in [6.07, 6.45) is 0. The summed E-state index contributed by atoms with van der Waals surface area (Å²) in [5, 5.41) is 11.0. The molecule has 7 nitrogen and oxygen atoms in total. The second-order valence-corrected chi connectivity index (χ2v) is 7.38. The quantitative estimate of drug-likeness (QED) is 0.393. The summed E-state index contributed by atoms with van der Waals surface area (Å²) in [6.45, 7) is 8.92. The summed E-state index contributed by atoms with van der Waals surface area (Å²) in [5.74, 6) is 0.124. The maximum atomic E-state index is 13.0. The Morgan fingerprint density at radius 3 is 2.53 bits per heavy atom. The second-order valence-electron chi connectivity index (χ2n) is 7.38. The molecule has 30 heavy (non-hydrogen) atoms. The van der Waals surface area contributed by atoms with Crippen molar-refractivity contribution in [2.75, 3.05) is 33.3 Å². The van der Waals surface area contributed by atoms with Crippen LogP contribution in [-0.2, 0) is 9.59 Å². The number of benzene rings is 1. The number of ether oxygens (including phenoxy) is 1. The molecule has 1 aliphatic rings. The van der Waals surface area contributed by atoms with E-state index >= 15 is 0 Å². The van der Waals surface area contributed by atoms with Gasteiger partial charge in [-0.2, -0.15) is 0 Å². The van der Waals surface area contributed by atoms with Crippen LogP contribution in [0.3, 0.4) is 0 Å². The second kappa shape index (κ2) is 9.17. The zero-order chi connectivity index (χ0) is 21.8. The molecule has 0 spiro atoms. The van der Waals surface area contributed by atoms with Gasteiger partial charge >= 0.3 is 0 Å². The number of hydrogen-bond acceptors (Lipinski definition) is 5. The zero-order valence-electron chi connectivity index (χ0n) is 17.9. The molecule has 0 saturated carbocycles. The number of carbonyl (C=O) groups is 2. The number of likely N-dealkylation sites (N-methyl/N-ethyl adjacent to an activating group) is 1. The number of Topliss-reactive ketones (excluding diaryl/α,β-unsaturated/α-hetero) is 1. The molecule has 0 bridgehead atoms. The number of aryl methyl sites for hydroxylation is 1. The number of aliphatic hydroxyl groups excluding tert-OH is 1. The van der Waals surface area contributed by atoms with Crippen molar-refractivity contribution in [2.45, 2.75) is 26.8 Å². The predicted molar refractivity (Wildman–Crippen MR) is 112 cm³/mol. The topological polar surface area (TPSA) is 84.4 Å². The molecule has 1 saturated heterocycles. The lowest BCUT2D eigenvalue weighted by Gasteiger charge is -2.25. The molecule has 160 valence electrons. The molecule has 2 aromatic rings. The van der Waals surface area contributed by atoms with Gasteiger partial charge in [-0.05, 0) is 45.0 Å². The Labute approximate surface area is 176 Å². The van der Waals surface area contributed by atoms with Crippen molar-refractivity contribution in [3.05, 3.63) is 59.1 Å². The fourth-order valence-electron chi connectivity index (χ4n) is 3.81. The molecular weight excluding hydrogens is 384 g/mol. The van der Waals surface area contributed by atoms with E-state index in [-0.39, 0.29) is 11.3 Å². The number of furan rings is 1. The first-order valence-corrected chi connectivity index (χ1v) is 10.2. The van der Waals surface area contributed by atoms with Gasteiger partial charge in [-0.3, -0.25) is 9.59 Å². The van der Waals surface area contributed by atoms with E-state index in [0.717, 1.165) is 13.1 Å². The molecule has 2 N–H and O–H groups in total. The standard InChI is InChI=1S/C23H28N2O5/c1-5-24(6-2)12-13-25-20(18-11-10-15(3)30-18)19(22(27)23(25)28)21(26)16-8-7-9-17(14-16)29-4/h7-11,14,20,26H,5-6,12-13H2,1-4H3/p+1/t20-/m1/s1. The summed E-state index contributed by atoms with van der Waals surface area (Å²) >= 11 is 0. The number of carbonyl (C=O) groups excluding carboxylic acids is 2. The van der Waals surface area contributed by atoms with Crippen LogP contribution in [0.5, 0.6) is 5.75 Å². The van der Waals surface area contributed by atoms with Crippen LogP contribution in [0, 0.1) is 6.92 Å². The first-order chi connectivity index (χ1) is 14.4. The maximum Gasteiger partial charge on any atom is 0.295 e. The van der Waals surface area contributed by atoms with Gasteiger partial charge in [-0.15, -0.1) is 0 Å². The van der Waals surface area contributed by atoms with E-state index in [9.17, 15) is 14.7 Å². The number of ketones is 1. The molecule has 1 amide bonds. The van der Waals surface area contributed by atoms with Crippen molar-refractivity contribution in [3.63, 3.8) is 0 Å². The largest absolute Gasteiger partial charge is 0.507 e. The molecule has 1 atom stereocenters. The molecule has 1 fully saturated rings. The van der Waals surface area contributed by atoms with E-state index in [1.54, 1.807) is 43.3 Å². The van der Waals surface area contributed by atoms with Gasteiger partial charge in [0.1, 0.15) is 29.1 Å². The SMILES string of the molecule is CC[NH+](CC)CCN1C(=O)C(=O)C(=C(O)c2cccc(OC)c2)[C@H]1c1ccc(C)o1. The Morgan fingerprint density at radius 2 is 1.93 bits per heavy atom. The first kappa shape index (κ1) is 21.6. The van der Waals surface area contributed by atoms with Gasteiger partial charge in [0.05, 0.1) is 38.9 Å². The van der Waals surface area contributed by atoms with Crippen LogP contribution in [0.15, 0.2) is 46.4 Å². The number of aliphatic hydroxyl groups is 1. The molecule has 1 aromatic carbocycles. The Hall–Kier alpha value is -3.06. The number of likely N-dealkylation sites (tertiary alicyclic amines) is 1. The van der Waals surface area contributed by atoms with E-state index in [1.807, 2.05) is 0 Å². The van der Waals surface area contributed by atoms with Gasteiger partial charge in [-0.25, -0.2) is 0 Å². The third-order valence-electron chi connectivity index (χ3n) is 5.62. The molecule has 3 rings (SSSR count). The molecule has 1 aliphatic heterocycles. The van der Waals surface area contributed by atoms with Crippen LogP contribution in [-0.4, -0.2) is 55.0 Å². The van der Waals surface area contributed by atoms with Crippen molar-refractivity contribution in [3.8, 4) is 5.75 Å².